The van der Waals surface area contributed by atoms with Crippen LogP contribution in [0.2, 0.25) is 0 Å². The molecule has 1 N–H and O–H groups in total. The molecule has 3 rings (SSSR count). The Kier molecular flexibility index (Phi) is 4.15. The van der Waals surface area contributed by atoms with Crippen LogP contribution in [0.15, 0.2) is 15.9 Å². The fourth-order valence-electron chi connectivity index (χ4n) is 3.26. The Bertz CT molecular complexity index is 780. The maximum Gasteiger partial charge on any atom is 0.333 e. The van der Waals surface area contributed by atoms with Crippen molar-refractivity contribution in [3.05, 3.63) is 27.2 Å². The molecule has 0 bridgehead atoms. The molecule has 1 saturated heterocycles. The molecule has 2 aromatic rings. The minimum atomic E-state index is -0.215. The lowest BCUT2D eigenvalue weighted by Gasteiger charge is -2.25. The van der Waals surface area contributed by atoms with Crippen LogP contribution in [0.1, 0.15) is 39.2 Å². The van der Waals surface area contributed by atoms with Gasteiger partial charge in [0.05, 0.1) is 6.33 Å². The van der Waals surface area contributed by atoms with E-state index in [0.717, 1.165) is 32.4 Å². The number of nitrogens with zero attached hydrogens (tertiary/aromatic N) is 4. The summed E-state index contributed by atoms with van der Waals surface area (Å²) in [6, 6.07) is -0.0195. The molecular formula is C15H23N5O2. The van der Waals surface area contributed by atoms with E-state index in [0.29, 0.717) is 24.3 Å². The first-order chi connectivity index (χ1) is 10.7. The van der Waals surface area contributed by atoms with Gasteiger partial charge in [-0.2, -0.15) is 0 Å². The normalized spacial score (nSPS) is 16.5. The van der Waals surface area contributed by atoms with Crippen molar-refractivity contribution in [1.82, 2.24) is 24.0 Å². The van der Waals surface area contributed by atoms with E-state index in [-0.39, 0.29) is 17.3 Å². The van der Waals surface area contributed by atoms with Gasteiger partial charge in [0.15, 0.2) is 11.2 Å². The van der Waals surface area contributed by atoms with Crippen molar-refractivity contribution < 1.29 is 0 Å². The second-order valence-electron chi connectivity index (χ2n) is 5.79. The quantitative estimate of drug-likeness (QED) is 0.903. The summed E-state index contributed by atoms with van der Waals surface area (Å²) in [6.45, 7) is 6.94. The van der Waals surface area contributed by atoms with Gasteiger partial charge in [0.2, 0.25) is 0 Å². The average Bonchev–Trinajstić information content (AvgIpc) is 2.97. The molecule has 120 valence electrons. The molecule has 1 aliphatic rings. The lowest BCUT2D eigenvalue weighted by molar-refractivity contribution is 0.344. The van der Waals surface area contributed by atoms with E-state index in [2.05, 4.69) is 10.3 Å². The minimum Gasteiger partial charge on any atom is -0.325 e. The van der Waals surface area contributed by atoms with Gasteiger partial charge in [0.25, 0.3) is 5.56 Å². The number of imidazole rings is 1. The molecule has 0 saturated carbocycles. The van der Waals surface area contributed by atoms with Gasteiger partial charge in [0.1, 0.15) is 0 Å². The van der Waals surface area contributed by atoms with Gasteiger partial charge in [-0.1, -0.05) is 6.92 Å². The van der Waals surface area contributed by atoms with E-state index in [4.69, 9.17) is 0 Å². The number of hydrogen-bond donors (Lipinski definition) is 1. The Hall–Kier alpha value is -1.89. The van der Waals surface area contributed by atoms with Crippen LogP contribution in [0.3, 0.4) is 0 Å². The second-order valence-corrected chi connectivity index (χ2v) is 5.79. The van der Waals surface area contributed by atoms with E-state index in [1.807, 2.05) is 18.4 Å². The van der Waals surface area contributed by atoms with Crippen molar-refractivity contribution in [1.29, 1.82) is 0 Å². The summed E-state index contributed by atoms with van der Waals surface area (Å²) in [6.07, 6.45) is 4.11. The average molecular weight is 305 g/mol. The summed E-state index contributed by atoms with van der Waals surface area (Å²) in [4.78, 5) is 30.1. The van der Waals surface area contributed by atoms with Crippen LogP contribution < -0.4 is 16.6 Å². The summed E-state index contributed by atoms with van der Waals surface area (Å²) in [5.41, 5.74) is 0.657. The molecule has 1 aliphatic heterocycles. The summed E-state index contributed by atoms with van der Waals surface area (Å²) in [5, 5.41) is 3.28. The predicted octanol–water partition coefficient (Wildman–Crippen LogP) is 0.714. The largest absolute Gasteiger partial charge is 0.333 e. The summed E-state index contributed by atoms with van der Waals surface area (Å²) >= 11 is 0. The molecule has 0 aromatic carbocycles. The Morgan fingerprint density at radius 2 is 2.00 bits per heavy atom. The minimum absolute atomic E-state index is 0.0195. The lowest BCUT2D eigenvalue weighted by Crippen LogP contribution is -2.45. The predicted molar refractivity (Wildman–Crippen MR) is 85.4 cm³/mol. The molecule has 1 fully saturated rings. The van der Waals surface area contributed by atoms with E-state index < -0.39 is 0 Å². The van der Waals surface area contributed by atoms with Crippen molar-refractivity contribution in [2.45, 2.75) is 52.2 Å². The molecule has 0 unspecified atom stereocenters. The van der Waals surface area contributed by atoms with Gasteiger partial charge < -0.3 is 9.88 Å². The molecule has 0 aliphatic carbocycles. The van der Waals surface area contributed by atoms with Gasteiger partial charge in [-0.15, -0.1) is 0 Å². The second kappa shape index (κ2) is 6.08. The monoisotopic (exact) mass is 305 g/mol. The molecule has 22 heavy (non-hydrogen) atoms. The summed E-state index contributed by atoms with van der Waals surface area (Å²) < 4.78 is 4.96. The molecule has 7 heteroatoms. The molecule has 3 heterocycles. The number of fused-ring (bicyclic) bond motifs is 1. The van der Waals surface area contributed by atoms with E-state index in [1.165, 1.54) is 4.57 Å². The Balaban J connectivity index is 2.30. The molecule has 2 aromatic heterocycles. The van der Waals surface area contributed by atoms with Crippen molar-refractivity contribution in [2.24, 2.45) is 0 Å². The highest BCUT2D eigenvalue weighted by Crippen LogP contribution is 2.16. The molecular weight excluding hydrogens is 282 g/mol. The van der Waals surface area contributed by atoms with Crippen LogP contribution in [-0.4, -0.2) is 31.8 Å². The highest BCUT2D eigenvalue weighted by molar-refractivity contribution is 5.70. The SMILES string of the molecule is CCCn1c(=O)n(C2CCNCC2)c(=O)c2c1ncn2CC. The zero-order chi connectivity index (χ0) is 15.7. The first-order valence-electron chi connectivity index (χ1n) is 8.09. The zero-order valence-electron chi connectivity index (χ0n) is 13.2. The van der Waals surface area contributed by atoms with Gasteiger partial charge in [0, 0.05) is 19.1 Å². The highest BCUT2D eigenvalue weighted by atomic mass is 16.2. The summed E-state index contributed by atoms with van der Waals surface area (Å²) in [5.74, 6) is 0. The number of nitrogens with one attached hydrogen (secondary N) is 1. The fourth-order valence-corrected chi connectivity index (χ4v) is 3.26. The topological polar surface area (TPSA) is 73.8 Å². The van der Waals surface area contributed by atoms with E-state index in [1.54, 1.807) is 10.9 Å². The number of aryl methyl sites for hydroxylation is 2. The van der Waals surface area contributed by atoms with Gasteiger partial charge in [-0.3, -0.25) is 13.9 Å². The Labute approximate surface area is 128 Å². The fraction of sp³-hybridized carbons (Fsp3) is 0.667. The van der Waals surface area contributed by atoms with Gasteiger partial charge in [-0.05, 0) is 39.3 Å². The molecule has 0 radical (unpaired) electrons. The number of hydrogen-bond acceptors (Lipinski definition) is 4. The van der Waals surface area contributed by atoms with Crippen LogP contribution >= 0.6 is 0 Å². The van der Waals surface area contributed by atoms with Crippen LogP contribution in [0.5, 0.6) is 0 Å². The zero-order valence-corrected chi connectivity index (χ0v) is 13.2. The Morgan fingerprint density at radius 3 is 2.64 bits per heavy atom. The van der Waals surface area contributed by atoms with Crippen molar-refractivity contribution in [3.63, 3.8) is 0 Å². The third-order valence-electron chi connectivity index (χ3n) is 4.39. The van der Waals surface area contributed by atoms with E-state index in [9.17, 15) is 9.59 Å². The van der Waals surface area contributed by atoms with Crippen molar-refractivity contribution >= 4 is 11.2 Å². The Morgan fingerprint density at radius 1 is 1.27 bits per heavy atom. The number of rotatable bonds is 4. The van der Waals surface area contributed by atoms with Gasteiger partial charge in [-0.25, -0.2) is 9.78 Å². The van der Waals surface area contributed by atoms with Crippen molar-refractivity contribution in [3.8, 4) is 0 Å². The summed E-state index contributed by atoms with van der Waals surface area (Å²) in [7, 11) is 0. The van der Waals surface area contributed by atoms with E-state index >= 15 is 0 Å². The molecule has 0 spiro atoms. The third-order valence-corrected chi connectivity index (χ3v) is 4.39. The molecule has 7 nitrogen and oxygen atoms in total. The highest BCUT2D eigenvalue weighted by Gasteiger charge is 2.23. The van der Waals surface area contributed by atoms with Crippen LogP contribution in [-0.2, 0) is 13.1 Å². The first-order valence-corrected chi connectivity index (χ1v) is 8.09. The lowest BCUT2D eigenvalue weighted by atomic mass is 10.1. The first kappa shape index (κ1) is 15.0. The van der Waals surface area contributed by atoms with Crippen LogP contribution in [0, 0.1) is 0 Å². The van der Waals surface area contributed by atoms with Gasteiger partial charge >= 0.3 is 5.69 Å². The maximum atomic E-state index is 12.9. The number of aromatic nitrogens is 4. The molecule has 0 atom stereocenters. The molecule has 0 amide bonds. The van der Waals surface area contributed by atoms with Crippen LogP contribution in [0.4, 0.5) is 0 Å². The maximum absolute atomic E-state index is 12.9. The van der Waals surface area contributed by atoms with Crippen molar-refractivity contribution in [2.75, 3.05) is 13.1 Å². The third kappa shape index (κ3) is 2.29. The van der Waals surface area contributed by atoms with Crippen LogP contribution in [0.25, 0.3) is 11.2 Å². The number of piperidine rings is 1. The standard InChI is InChI=1S/C15H23N5O2/c1-3-9-19-13-12(18(4-2)10-17-13)14(21)20(15(19)22)11-5-7-16-8-6-11/h10-11,16H,3-9H2,1-2H3. The smallest absolute Gasteiger partial charge is 0.325 e.